The predicted octanol–water partition coefficient (Wildman–Crippen LogP) is 20.0. The Hall–Kier alpha value is -8.46. The Labute approximate surface area is 434 Å². The van der Waals surface area contributed by atoms with Crippen molar-refractivity contribution < 1.29 is 4.42 Å². The summed E-state index contributed by atoms with van der Waals surface area (Å²) in [5, 5.41) is 4.97. The number of nitrogens with zero attached hydrogens (tertiary/aromatic N) is 1. The van der Waals surface area contributed by atoms with Crippen LogP contribution in [0.5, 0.6) is 0 Å². The van der Waals surface area contributed by atoms with Crippen LogP contribution < -0.4 is 4.90 Å². The fraction of sp³-hybridized carbons (Fsp3) is 0.139. The van der Waals surface area contributed by atoms with Crippen LogP contribution in [0.15, 0.2) is 253 Å². The molecule has 0 aliphatic heterocycles. The van der Waals surface area contributed by atoms with Crippen molar-refractivity contribution in [3.8, 4) is 33.4 Å². The molecule has 1 fully saturated rings. The van der Waals surface area contributed by atoms with Crippen LogP contribution in [0.2, 0.25) is 0 Å². The molecule has 0 radical (unpaired) electrons. The molecule has 0 bridgehead atoms. The summed E-state index contributed by atoms with van der Waals surface area (Å²) in [5.74, 6) is 0.966. The van der Waals surface area contributed by atoms with E-state index in [1.165, 1.54) is 104 Å². The van der Waals surface area contributed by atoms with Crippen molar-refractivity contribution in [3.63, 3.8) is 0 Å². The maximum Gasteiger partial charge on any atom is 0.136 e. The minimum Gasteiger partial charge on any atom is -0.456 e. The standard InChI is InChI=1S/C72H57NO/c1-48-38-44-63-65(46-48)72(53-24-7-3-8-25-53,54-26-9-4-10-27-54)64-34-19-33-62(71(63)64)58-29-12-15-36-67(58)73(55-42-39-49(40-43-55)52-41-45-60-59-30-13-16-37-68(59)74-69(60)47-52)66-35-14-11-28-57(66)61-32-18-23-51-22-17-31-56(70(51)61)50-20-5-2-6-21-50/h3-4,7-19,22-45,47-48,50H,2,5-6,20-21,46H2,1H3. The van der Waals surface area contributed by atoms with Gasteiger partial charge in [0.1, 0.15) is 11.2 Å². The van der Waals surface area contributed by atoms with Crippen molar-refractivity contribution in [1.29, 1.82) is 0 Å². The first-order chi connectivity index (χ1) is 36.6. The van der Waals surface area contributed by atoms with Gasteiger partial charge in [0.05, 0.1) is 16.8 Å². The summed E-state index contributed by atoms with van der Waals surface area (Å²) in [4.78, 5) is 2.54. The van der Waals surface area contributed by atoms with Gasteiger partial charge in [0, 0.05) is 27.6 Å². The average Bonchev–Trinajstić information content (AvgIpc) is 4.05. The third-order valence-electron chi connectivity index (χ3n) is 16.7. The van der Waals surface area contributed by atoms with Crippen LogP contribution in [-0.4, -0.2) is 0 Å². The van der Waals surface area contributed by atoms with Gasteiger partial charge in [-0.15, -0.1) is 0 Å². The minimum absolute atomic E-state index is 0.411. The smallest absolute Gasteiger partial charge is 0.136 e. The lowest BCUT2D eigenvalue weighted by atomic mass is 9.64. The first kappa shape index (κ1) is 44.3. The van der Waals surface area contributed by atoms with Gasteiger partial charge in [0.15, 0.2) is 0 Å². The number of hydrogen-bond donors (Lipinski definition) is 0. The van der Waals surface area contributed by atoms with E-state index < -0.39 is 5.41 Å². The average molecular weight is 952 g/mol. The van der Waals surface area contributed by atoms with Crippen LogP contribution in [0.4, 0.5) is 17.1 Å². The van der Waals surface area contributed by atoms with Gasteiger partial charge in [0.25, 0.3) is 0 Å². The number of benzene rings is 10. The molecular formula is C72H57NO. The van der Waals surface area contributed by atoms with Crippen molar-refractivity contribution in [1.82, 2.24) is 0 Å². The maximum absolute atomic E-state index is 6.40. The number of para-hydroxylation sites is 3. The van der Waals surface area contributed by atoms with E-state index in [2.05, 4.69) is 248 Å². The summed E-state index contributed by atoms with van der Waals surface area (Å²) in [6, 6.07) is 86.1. The van der Waals surface area contributed by atoms with E-state index in [-0.39, 0.29) is 0 Å². The van der Waals surface area contributed by atoms with E-state index in [0.29, 0.717) is 11.8 Å². The van der Waals surface area contributed by atoms with E-state index >= 15 is 0 Å². The van der Waals surface area contributed by atoms with Gasteiger partial charge in [-0.05, 0) is 146 Å². The molecule has 1 atom stereocenters. The highest BCUT2D eigenvalue weighted by atomic mass is 16.3. The summed E-state index contributed by atoms with van der Waals surface area (Å²) < 4.78 is 6.40. The molecule has 14 rings (SSSR count). The third-order valence-corrected chi connectivity index (χ3v) is 16.7. The number of rotatable bonds is 9. The van der Waals surface area contributed by atoms with E-state index in [1.807, 2.05) is 6.07 Å². The molecule has 2 nitrogen and oxygen atoms in total. The molecule has 0 N–H and O–H groups in total. The van der Waals surface area contributed by atoms with Crippen molar-refractivity contribution in [2.75, 3.05) is 4.90 Å². The Balaban J connectivity index is 0.994. The molecule has 0 saturated heterocycles. The Morgan fingerprint density at radius 1 is 0.486 bits per heavy atom. The second-order valence-electron chi connectivity index (χ2n) is 21.0. The number of anilines is 3. The lowest BCUT2D eigenvalue weighted by Gasteiger charge is -2.37. The summed E-state index contributed by atoms with van der Waals surface area (Å²) >= 11 is 0. The fourth-order valence-corrected chi connectivity index (χ4v) is 13.5. The topological polar surface area (TPSA) is 16.4 Å². The van der Waals surface area contributed by atoms with Crippen molar-refractivity contribution in [3.05, 3.63) is 276 Å². The lowest BCUT2D eigenvalue weighted by Crippen LogP contribution is -2.31. The lowest BCUT2D eigenvalue weighted by molar-refractivity contribution is 0.445. The SMILES string of the molecule is CC1C=CC2=C(C1)C(c1ccccc1)(c1ccccc1)c1cccc(-c3ccccc3N(c3ccc(-c4ccc5c(c4)oc4ccccc45)cc3)c3ccccc3-c3cccc4cccc(C5CCCCC5)c34)c12. The summed E-state index contributed by atoms with van der Waals surface area (Å²) in [6.07, 6.45) is 12.3. The van der Waals surface area contributed by atoms with Crippen LogP contribution in [-0.2, 0) is 5.41 Å². The van der Waals surface area contributed by atoms with E-state index in [0.717, 1.165) is 56.5 Å². The number of allylic oxidation sites excluding steroid dienone is 4. The Bertz CT molecular complexity index is 3940. The largest absolute Gasteiger partial charge is 0.456 e. The maximum atomic E-state index is 6.40. The number of furan rings is 1. The van der Waals surface area contributed by atoms with Crippen LogP contribution in [0.3, 0.4) is 0 Å². The molecule has 3 aliphatic carbocycles. The van der Waals surface area contributed by atoms with Gasteiger partial charge < -0.3 is 9.32 Å². The predicted molar refractivity (Wildman–Crippen MR) is 311 cm³/mol. The third kappa shape index (κ3) is 7.14. The van der Waals surface area contributed by atoms with Crippen LogP contribution in [0.25, 0.3) is 71.7 Å². The van der Waals surface area contributed by atoms with E-state index in [4.69, 9.17) is 4.42 Å². The van der Waals surface area contributed by atoms with E-state index in [1.54, 1.807) is 0 Å². The first-order valence-electron chi connectivity index (χ1n) is 26.8. The van der Waals surface area contributed by atoms with Gasteiger partial charge in [-0.3, -0.25) is 0 Å². The summed E-state index contributed by atoms with van der Waals surface area (Å²) in [5.41, 5.74) is 21.5. The van der Waals surface area contributed by atoms with Crippen molar-refractivity contribution in [2.24, 2.45) is 5.92 Å². The first-order valence-corrected chi connectivity index (χ1v) is 26.8. The van der Waals surface area contributed by atoms with Crippen molar-refractivity contribution in [2.45, 2.75) is 56.8 Å². The van der Waals surface area contributed by atoms with Gasteiger partial charge >= 0.3 is 0 Å². The van der Waals surface area contributed by atoms with Gasteiger partial charge in [-0.1, -0.05) is 226 Å². The quantitative estimate of drug-likeness (QED) is 0.143. The molecule has 1 saturated carbocycles. The number of hydrogen-bond acceptors (Lipinski definition) is 2. The highest BCUT2D eigenvalue weighted by molar-refractivity contribution is 6.07. The summed E-state index contributed by atoms with van der Waals surface area (Å²) in [7, 11) is 0. The second kappa shape index (κ2) is 18.2. The Kier molecular flexibility index (Phi) is 10.9. The van der Waals surface area contributed by atoms with E-state index in [9.17, 15) is 0 Å². The molecule has 1 unspecified atom stereocenters. The molecule has 2 heteroatoms. The molecule has 0 amide bonds. The highest BCUT2D eigenvalue weighted by Crippen LogP contribution is 2.60. The van der Waals surface area contributed by atoms with Crippen molar-refractivity contribution >= 4 is 55.3 Å². The molecule has 10 aromatic carbocycles. The molecule has 3 aliphatic rings. The molecule has 356 valence electrons. The Morgan fingerprint density at radius 3 is 1.82 bits per heavy atom. The molecule has 74 heavy (non-hydrogen) atoms. The van der Waals surface area contributed by atoms with Crippen LogP contribution in [0.1, 0.15) is 79.2 Å². The Morgan fingerprint density at radius 2 is 1.08 bits per heavy atom. The number of fused-ring (bicyclic) bond motifs is 6. The van der Waals surface area contributed by atoms with Crippen LogP contribution >= 0.6 is 0 Å². The minimum atomic E-state index is -0.449. The van der Waals surface area contributed by atoms with Gasteiger partial charge in [-0.25, -0.2) is 0 Å². The molecule has 11 aromatic rings. The highest BCUT2D eigenvalue weighted by Gasteiger charge is 2.49. The molecular weight excluding hydrogens is 895 g/mol. The zero-order valence-corrected chi connectivity index (χ0v) is 41.8. The normalized spacial score (nSPS) is 16.2. The van der Waals surface area contributed by atoms with Gasteiger partial charge in [0.2, 0.25) is 0 Å². The molecule has 0 spiro atoms. The summed E-state index contributed by atoms with van der Waals surface area (Å²) in [6.45, 7) is 2.37. The molecule has 1 aromatic heterocycles. The fourth-order valence-electron chi connectivity index (χ4n) is 13.5. The van der Waals surface area contributed by atoms with Gasteiger partial charge in [-0.2, -0.15) is 0 Å². The second-order valence-corrected chi connectivity index (χ2v) is 21.0. The van der Waals surface area contributed by atoms with Crippen LogP contribution in [0, 0.1) is 5.92 Å². The monoisotopic (exact) mass is 951 g/mol. The zero-order valence-electron chi connectivity index (χ0n) is 41.8. The molecule has 1 heterocycles. The zero-order chi connectivity index (χ0) is 49.2.